The molecule has 2 heterocycles. The first kappa shape index (κ1) is 71.2. The molecule has 0 radical (unpaired) electrons. The van der Waals surface area contributed by atoms with Crippen molar-refractivity contribution in [2.45, 2.75) is 99.7 Å². The summed E-state index contributed by atoms with van der Waals surface area (Å²) in [6.07, 6.45) is -4.55. The standard InChI is InChI=1S/2C25H36N3O9PS.2Na/c2*1-18(2)15-28(39(33,34)22-10-8-20(26)9-11-22)16-24(37-38(30,31)32)23(14-19-6-4-3-5-7-19)27-25(29)36-21-12-13-35-17-21;;/h2*3-11,18,21,23-24H,12-17,26H2,1-2H3,(H,27,29)(H2,30,31,32);;/q;;2*+1/p-2/t21?,23-,24?;21-,23-,24+;;/m00../s1. The average molecular weight is 1220 g/mol. The van der Waals surface area contributed by atoms with Crippen LogP contribution in [0.1, 0.15) is 51.7 Å². The van der Waals surface area contributed by atoms with Crippen molar-refractivity contribution in [1.82, 2.24) is 19.2 Å². The van der Waals surface area contributed by atoms with E-state index in [-0.39, 0.29) is 120 Å². The first-order chi connectivity index (χ1) is 36.7. The second kappa shape index (κ2) is 33.5. The Morgan fingerprint density at radius 3 is 1.26 bits per heavy atom. The molecule has 2 aliphatic heterocycles. The van der Waals surface area contributed by atoms with Gasteiger partial charge < -0.3 is 69.7 Å². The Balaban J connectivity index is 0.000000410. The molecule has 432 valence electrons. The van der Waals surface area contributed by atoms with Gasteiger partial charge in [0.05, 0.1) is 62.2 Å². The molecule has 6 rings (SSSR count). The third-order valence-corrected chi connectivity index (χ3v) is 16.7. The molecule has 0 spiro atoms. The van der Waals surface area contributed by atoms with Gasteiger partial charge in [-0.1, -0.05) is 88.4 Å². The fourth-order valence-electron chi connectivity index (χ4n) is 8.32. The number of nitrogens with zero attached hydrogens (tertiary/aromatic N) is 2. The predicted molar refractivity (Wildman–Crippen MR) is 284 cm³/mol. The molecule has 24 nitrogen and oxygen atoms in total. The number of phosphoric ester groups is 2. The van der Waals surface area contributed by atoms with Crippen LogP contribution in [0.15, 0.2) is 119 Å². The summed E-state index contributed by atoms with van der Waals surface area (Å²) in [7, 11) is -19.1. The number of phosphoric acid groups is 2. The number of alkyl carbamates (subject to hydrolysis) is 2. The van der Waals surface area contributed by atoms with Crippen LogP contribution in [-0.4, -0.2) is 137 Å². The van der Waals surface area contributed by atoms with Crippen LogP contribution in [0.4, 0.5) is 21.0 Å². The van der Waals surface area contributed by atoms with Crippen LogP contribution >= 0.6 is 15.6 Å². The fraction of sp³-hybridized carbons (Fsp3) is 0.480. The van der Waals surface area contributed by atoms with Crippen LogP contribution in [0.5, 0.6) is 0 Å². The van der Waals surface area contributed by atoms with Crippen LogP contribution in [0.3, 0.4) is 0 Å². The molecule has 4 aromatic carbocycles. The molecule has 0 saturated carbocycles. The molecule has 8 N–H and O–H groups in total. The van der Waals surface area contributed by atoms with E-state index < -0.39 is 97.5 Å². The van der Waals surface area contributed by atoms with Crippen molar-refractivity contribution in [2.75, 3.05) is 64.1 Å². The van der Waals surface area contributed by atoms with Crippen LogP contribution < -0.4 is 91.0 Å². The minimum atomic E-state index is -5.62. The molecule has 80 heavy (non-hydrogen) atoms. The smallest absolute Gasteiger partial charge is 0.790 e. The minimum absolute atomic E-state index is 0. The van der Waals surface area contributed by atoms with Crippen molar-refractivity contribution in [3.05, 3.63) is 120 Å². The van der Waals surface area contributed by atoms with E-state index >= 15 is 0 Å². The van der Waals surface area contributed by atoms with Crippen LogP contribution in [0, 0.1) is 11.8 Å². The quantitative estimate of drug-likeness (QED) is 0.0220. The summed E-state index contributed by atoms with van der Waals surface area (Å²) in [5.74, 6) is -0.314. The maximum Gasteiger partial charge on any atom is 1.00 e. The second-order valence-corrected chi connectivity index (χ2v) is 25.6. The number of nitrogens with one attached hydrogen (secondary N) is 2. The van der Waals surface area contributed by atoms with E-state index in [4.69, 9.17) is 39.5 Å². The largest absolute Gasteiger partial charge is 1.00 e. The number of rotatable bonds is 26. The summed E-state index contributed by atoms with van der Waals surface area (Å²) >= 11 is 0. The van der Waals surface area contributed by atoms with Gasteiger partial charge in [-0.25, -0.2) is 31.0 Å². The summed E-state index contributed by atoms with van der Waals surface area (Å²) in [4.78, 5) is 68.6. The summed E-state index contributed by atoms with van der Waals surface area (Å²) in [6.45, 7) is 7.53. The van der Waals surface area contributed by atoms with Gasteiger partial charge in [-0.2, -0.15) is 8.61 Å². The molecule has 0 aliphatic carbocycles. The van der Waals surface area contributed by atoms with Crippen molar-refractivity contribution < 1.29 is 142 Å². The molecule has 0 aromatic heterocycles. The maximum absolute atomic E-state index is 13.6. The van der Waals surface area contributed by atoms with Gasteiger partial charge in [0.25, 0.3) is 0 Å². The van der Waals surface area contributed by atoms with Gasteiger partial charge in [0.15, 0.2) is 0 Å². The van der Waals surface area contributed by atoms with Gasteiger partial charge in [-0.05, 0) is 84.3 Å². The van der Waals surface area contributed by atoms with Crippen molar-refractivity contribution in [1.29, 1.82) is 0 Å². The third-order valence-electron chi connectivity index (χ3n) is 11.9. The van der Waals surface area contributed by atoms with Gasteiger partial charge in [-0.3, -0.25) is 4.52 Å². The number of nitrogens with two attached hydrogens (primary N) is 2. The zero-order valence-electron chi connectivity index (χ0n) is 45.7. The minimum Gasteiger partial charge on any atom is -0.790 e. The molecule has 2 amide bonds. The van der Waals surface area contributed by atoms with Gasteiger partial charge in [-0.15, -0.1) is 0 Å². The van der Waals surface area contributed by atoms with Crippen molar-refractivity contribution >= 4 is 59.3 Å². The zero-order valence-corrected chi connectivity index (χ0v) is 53.1. The van der Waals surface area contributed by atoms with E-state index in [0.717, 1.165) is 14.2 Å². The van der Waals surface area contributed by atoms with Crippen molar-refractivity contribution in [2.24, 2.45) is 11.8 Å². The van der Waals surface area contributed by atoms with Crippen LogP contribution in [0.25, 0.3) is 0 Å². The van der Waals surface area contributed by atoms with Crippen LogP contribution in [-0.2, 0) is 70.0 Å². The fourth-order valence-corrected chi connectivity index (χ4v) is 12.7. The van der Waals surface area contributed by atoms with E-state index in [1.165, 1.54) is 48.5 Å². The van der Waals surface area contributed by atoms with Crippen molar-refractivity contribution in [3.8, 4) is 0 Å². The van der Waals surface area contributed by atoms with Crippen LogP contribution in [0.2, 0.25) is 0 Å². The molecule has 2 unspecified atom stereocenters. The summed E-state index contributed by atoms with van der Waals surface area (Å²) in [5, 5.41) is 5.24. The Morgan fingerprint density at radius 2 is 0.963 bits per heavy atom. The SMILES string of the molecule is CC(C)CN(CC(OP(=O)([O-])[O-])[C@H](Cc1ccccc1)NC(=O)OC1CCOC1)S(=O)(=O)c1ccc(N)cc1.CC(C)CN(C[C@@H](OP(=O)(O)O)[C@H](Cc1ccccc1)NC(=O)O[C@H]1CCOC1)S(=O)(=O)c1ccc(N)cc1.[Na+].[Na+]. The molecule has 2 aliphatic rings. The molecule has 2 saturated heterocycles. The van der Waals surface area contributed by atoms with E-state index in [1.54, 1.807) is 74.5 Å². The van der Waals surface area contributed by atoms with Gasteiger partial charge >= 0.3 is 79.1 Å². The van der Waals surface area contributed by atoms with Gasteiger partial charge in [0, 0.05) is 50.4 Å². The third kappa shape index (κ3) is 24.7. The maximum atomic E-state index is 13.6. The summed E-state index contributed by atoms with van der Waals surface area (Å²) < 4.78 is 112. The Hall–Kier alpha value is -3.02. The number of hydrogen-bond donors (Lipinski definition) is 6. The average Bonchev–Trinajstić information content (AvgIpc) is 4.08. The predicted octanol–water partition coefficient (Wildman–Crippen LogP) is -2.22. The number of anilines is 2. The second-order valence-electron chi connectivity index (χ2n) is 19.5. The number of benzene rings is 4. The van der Waals surface area contributed by atoms with Gasteiger partial charge in [0.1, 0.15) is 18.3 Å². The Morgan fingerprint density at radius 1 is 0.613 bits per heavy atom. The summed E-state index contributed by atoms with van der Waals surface area (Å²) in [5.41, 5.74) is 13.6. The number of carbonyl (C=O) groups is 2. The molecular weight excluding hydrogens is 1140 g/mol. The number of hydrogen-bond acceptors (Lipinski definition) is 18. The monoisotopic (exact) mass is 1210 g/mol. The van der Waals surface area contributed by atoms with E-state index in [0.29, 0.717) is 43.0 Å². The first-order valence-electron chi connectivity index (χ1n) is 25.0. The number of amides is 2. The Kier molecular flexibility index (Phi) is 29.8. The zero-order chi connectivity index (χ0) is 57.3. The Labute approximate surface area is 512 Å². The normalized spacial score (nSPS) is 17.3. The van der Waals surface area contributed by atoms with E-state index in [1.807, 2.05) is 13.8 Å². The Bertz CT molecular complexity index is 2640. The van der Waals surface area contributed by atoms with E-state index in [2.05, 4.69) is 10.6 Å². The number of ether oxygens (including phenoxy) is 4. The van der Waals surface area contributed by atoms with Crippen molar-refractivity contribution in [3.63, 3.8) is 0 Å². The van der Waals surface area contributed by atoms with E-state index in [9.17, 15) is 55.1 Å². The topological polar surface area (TPSA) is 361 Å². The molecule has 2 fully saturated rings. The molecular formula is C50H70N6Na2O18P2S2. The number of carbonyl (C=O) groups excluding carboxylic acids is 2. The molecule has 6 atom stereocenters. The molecule has 0 bridgehead atoms. The number of nitrogen functional groups attached to an aromatic ring is 2. The molecule has 30 heteroatoms. The first-order valence-corrected chi connectivity index (χ1v) is 30.9. The molecule has 4 aromatic rings. The number of sulfonamides is 2. The van der Waals surface area contributed by atoms with Gasteiger partial charge in [0.2, 0.25) is 20.0 Å². The summed E-state index contributed by atoms with van der Waals surface area (Å²) in [6, 6.07) is 26.6.